The molecular weight excluding hydrogens is 326 g/mol. The van der Waals surface area contributed by atoms with Crippen molar-refractivity contribution in [3.63, 3.8) is 0 Å². The Morgan fingerprint density at radius 1 is 1.17 bits per heavy atom. The molecule has 0 spiro atoms. The highest BCUT2D eigenvalue weighted by molar-refractivity contribution is 7.92. The van der Waals surface area contributed by atoms with E-state index in [-0.39, 0.29) is 5.91 Å². The smallest absolute Gasteiger partial charge is 0.251 e. The average Bonchev–Trinajstić information content (AvgIpc) is 2.77. The molecular formula is C17H27N3O3S. The minimum Gasteiger partial charge on any atom is -0.351 e. The van der Waals surface area contributed by atoms with Crippen LogP contribution < -0.4 is 10.0 Å². The summed E-state index contributed by atoms with van der Waals surface area (Å²) in [4.78, 5) is 14.7. The monoisotopic (exact) mass is 353 g/mol. The van der Waals surface area contributed by atoms with Crippen molar-refractivity contribution in [2.45, 2.75) is 32.6 Å². The van der Waals surface area contributed by atoms with Crippen LogP contribution in [0.1, 0.15) is 41.6 Å². The zero-order valence-corrected chi connectivity index (χ0v) is 15.3. The van der Waals surface area contributed by atoms with Crippen LogP contribution in [0, 0.1) is 6.92 Å². The van der Waals surface area contributed by atoms with Crippen LogP contribution in [-0.2, 0) is 10.0 Å². The summed E-state index contributed by atoms with van der Waals surface area (Å²) in [6, 6.07) is 5.04. The summed E-state index contributed by atoms with van der Waals surface area (Å²) >= 11 is 0. The van der Waals surface area contributed by atoms with Crippen LogP contribution in [0.5, 0.6) is 0 Å². The third kappa shape index (κ3) is 6.13. The summed E-state index contributed by atoms with van der Waals surface area (Å²) in [5, 5.41) is 2.92. The molecule has 1 amide bonds. The van der Waals surface area contributed by atoms with Gasteiger partial charge in [0, 0.05) is 18.7 Å². The maximum Gasteiger partial charge on any atom is 0.251 e. The summed E-state index contributed by atoms with van der Waals surface area (Å²) < 4.78 is 25.2. The van der Waals surface area contributed by atoms with Crippen LogP contribution >= 0.6 is 0 Å². The Labute approximate surface area is 144 Å². The molecule has 0 saturated carbocycles. The predicted molar refractivity (Wildman–Crippen MR) is 96.9 cm³/mol. The fourth-order valence-electron chi connectivity index (χ4n) is 2.86. The molecule has 7 heteroatoms. The van der Waals surface area contributed by atoms with E-state index in [1.165, 1.54) is 25.7 Å². The quantitative estimate of drug-likeness (QED) is 0.820. The molecule has 6 nitrogen and oxygen atoms in total. The lowest BCUT2D eigenvalue weighted by Gasteiger charge is -2.19. The number of hydrogen-bond donors (Lipinski definition) is 2. The van der Waals surface area contributed by atoms with Gasteiger partial charge in [-0.05, 0) is 50.6 Å². The number of nitrogens with one attached hydrogen (secondary N) is 2. The summed E-state index contributed by atoms with van der Waals surface area (Å²) in [6.07, 6.45) is 6.14. The minimum atomic E-state index is -3.37. The Bertz CT molecular complexity index is 666. The van der Waals surface area contributed by atoms with Crippen molar-refractivity contribution in [2.75, 3.05) is 37.2 Å². The third-order valence-electron chi connectivity index (χ3n) is 4.21. The van der Waals surface area contributed by atoms with Crippen LogP contribution in [-0.4, -0.2) is 51.7 Å². The molecule has 1 aromatic rings. The van der Waals surface area contributed by atoms with Gasteiger partial charge in [0.2, 0.25) is 10.0 Å². The second-order valence-corrected chi connectivity index (χ2v) is 8.16. The van der Waals surface area contributed by atoms with Crippen molar-refractivity contribution in [1.29, 1.82) is 0 Å². The fraction of sp³-hybridized carbons (Fsp3) is 0.588. The highest BCUT2D eigenvalue weighted by atomic mass is 32.2. The molecule has 1 fully saturated rings. The van der Waals surface area contributed by atoms with Crippen LogP contribution in [0.15, 0.2) is 18.2 Å². The van der Waals surface area contributed by atoms with Gasteiger partial charge in [0.25, 0.3) is 5.91 Å². The Morgan fingerprint density at radius 2 is 1.83 bits per heavy atom. The Kier molecular flexibility index (Phi) is 6.62. The number of hydrogen-bond acceptors (Lipinski definition) is 4. The number of carbonyl (C=O) groups excluding carboxylic acids is 1. The Balaban J connectivity index is 1.90. The van der Waals surface area contributed by atoms with Crippen molar-refractivity contribution >= 4 is 21.6 Å². The highest BCUT2D eigenvalue weighted by Gasteiger charge is 2.12. The van der Waals surface area contributed by atoms with E-state index in [0.29, 0.717) is 17.8 Å². The van der Waals surface area contributed by atoms with Crippen molar-refractivity contribution in [3.05, 3.63) is 29.3 Å². The van der Waals surface area contributed by atoms with E-state index in [1.54, 1.807) is 25.1 Å². The van der Waals surface area contributed by atoms with Gasteiger partial charge in [0.05, 0.1) is 11.9 Å². The molecule has 2 rings (SSSR count). The van der Waals surface area contributed by atoms with E-state index in [2.05, 4.69) is 14.9 Å². The number of nitrogens with zero attached hydrogens (tertiary/aromatic N) is 1. The van der Waals surface area contributed by atoms with Crippen molar-refractivity contribution in [3.8, 4) is 0 Å². The molecule has 1 aliphatic heterocycles. The minimum absolute atomic E-state index is 0.179. The number of sulfonamides is 1. The maximum atomic E-state index is 12.3. The Hall–Kier alpha value is -1.60. The molecule has 24 heavy (non-hydrogen) atoms. The summed E-state index contributed by atoms with van der Waals surface area (Å²) in [6.45, 7) is 5.45. The number of carbonyl (C=O) groups is 1. The van der Waals surface area contributed by atoms with E-state index in [0.717, 1.165) is 31.5 Å². The first-order valence-corrected chi connectivity index (χ1v) is 10.3. The number of rotatable bonds is 6. The summed E-state index contributed by atoms with van der Waals surface area (Å²) in [5.41, 5.74) is 1.68. The molecule has 0 bridgehead atoms. The van der Waals surface area contributed by atoms with Gasteiger partial charge in [0.1, 0.15) is 0 Å². The van der Waals surface area contributed by atoms with Crippen LogP contribution in [0.25, 0.3) is 0 Å². The number of amides is 1. The molecule has 0 radical (unpaired) electrons. The Morgan fingerprint density at radius 3 is 2.46 bits per heavy atom. The van der Waals surface area contributed by atoms with Crippen LogP contribution in [0.3, 0.4) is 0 Å². The predicted octanol–water partition coefficient (Wildman–Crippen LogP) is 1.97. The van der Waals surface area contributed by atoms with Crippen molar-refractivity contribution in [1.82, 2.24) is 10.2 Å². The molecule has 0 unspecified atom stereocenters. The average molecular weight is 353 g/mol. The first-order chi connectivity index (χ1) is 11.3. The molecule has 1 aromatic carbocycles. The van der Waals surface area contributed by atoms with Gasteiger partial charge in [-0.1, -0.05) is 18.9 Å². The fourth-order valence-corrected chi connectivity index (χ4v) is 3.48. The number of benzene rings is 1. The summed E-state index contributed by atoms with van der Waals surface area (Å²) in [7, 11) is -3.37. The van der Waals surface area contributed by atoms with Gasteiger partial charge < -0.3 is 10.2 Å². The van der Waals surface area contributed by atoms with E-state index in [1.807, 2.05) is 0 Å². The standard InChI is InChI=1S/C17H27N3O3S/c1-14-7-8-15(13-16(14)19-24(2,22)23)17(21)18-9-12-20-10-5-3-4-6-11-20/h7-8,13,19H,3-6,9-12H2,1-2H3,(H,18,21). The van der Waals surface area contributed by atoms with Gasteiger partial charge in [-0.25, -0.2) is 8.42 Å². The van der Waals surface area contributed by atoms with Gasteiger partial charge in [0.15, 0.2) is 0 Å². The first-order valence-electron chi connectivity index (χ1n) is 8.44. The second-order valence-electron chi connectivity index (χ2n) is 6.42. The SMILES string of the molecule is Cc1ccc(C(=O)NCCN2CCCCCC2)cc1NS(C)(=O)=O. The largest absolute Gasteiger partial charge is 0.351 e. The lowest BCUT2D eigenvalue weighted by Crippen LogP contribution is -2.35. The van der Waals surface area contributed by atoms with Gasteiger partial charge in [-0.2, -0.15) is 0 Å². The number of aryl methyl sites for hydroxylation is 1. The van der Waals surface area contributed by atoms with Crippen molar-refractivity contribution < 1.29 is 13.2 Å². The maximum absolute atomic E-state index is 12.3. The lowest BCUT2D eigenvalue weighted by molar-refractivity contribution is 0.0948. The molecule has 0 aromatic heterocycles. The molecule has 0 aliphatic carbocycles. The molecule has 1 aliphatic rings. The van der Waals surface area contributed by atoms with Gasteiger partial charge >= 0.3 is 0 Å². The molecule has 134 valence electrons. The molecule has 1 heterocycles. The molecule has 0 atom stereocenters. The van der Waals surface area contributed by atoms with Crippen molar-refractivity contribution in [2.24, 2.45) is 0 Å². The van der Waals surface area contributed by atoms with E-state index in [9.17, 15) is 13.2 Å². The molecule has 1 saturated heterocycles. The zero-order valence-electron chi connectivity index (χ0n) is 14.5. The zero-order chi connectivity index (χ0) is 17.6. The number of likely N-dealkylation sites (tertiary alicyclic amines) is 1. The summed E-state index contributed by atoms with van der Waals surface area (Å²) in [5.74, 6) is -0.179. The van der Waals surface area contributed by atoms with E-state index in [4.69, 9.17) is 0 Å². The lowest BCUT2D eigenvalue weighted by atomic mass is 10.1. The first kappa shape index (κ1) is 18.7. The van der Waals surface area contributed by atoms with Gasteiger partial charge in [-0.15, -0.1) is 0 Å². The topological polar surface area (TPSA) is 78.5 Å². The molecule has 2 N–H and O–H groups in total. The highest BCUT2D eigenvalue weighted by Crippen LogP contribution is 2.18. The second kappa shape index (κ2) is 8.48. The van der Waals surface area contributed by atoms with E-state index < -0.39 is 10.0 Å². The van der Waals surface area contributed by atoms with Crippen LogP contribution in [0.4, 0.5) is 5.69 Å². The number of anilines is 1. The van der Waals surface area contributed by atoms with Crippen LogP contribution in [0.2, 0.25) is 0 Å². The van der Waals surface area contributed by atoms with Gasteiger partial charge in [-0.3, -0.25) is 9.52 Å². The normalized spacial score (nSPS) is 16.4. The third-order valence-corrected chi connectivity index (χ3v) is 4.80. The van der Waals surface area contributed by atoms with E-state index >= 15 is 0 Å².